The first-order valence-corrected chi connectivity index (χ1v) is 8.77. The van der Waals surface area contributed by atoms with Gasteiger partial charge in [0.15, 0.2) is 6.61 Å². The van der Waals surface area contributed by atoms with E-state index in [1.165, 1.54) is 0 Å². The number of benzene rings is 1. The number of hydrogen-bond donors (Lipinski definition) is 0. The van der Waals surface area contributed by atoms with Gasteiger partial charge in [0.1, 0.15) is 11.5 Å². The van der Waals surface area contributed by atoms with Crippen molar-refractivity contribution in [3.63, 3.8) is 0 Å². The lowest BCUT2D eigenvalue weighted by Crippen LogP contribution is -2.49. The first-order valence-electron chi connectivity index (χ1n) is 8.01. The van der Waals surface area contributed by atoms with Gasteiger partial charge in [0.2, 0.25) is 0 Å². The minimum Gasteiger partial charge on any atom is -0.482 e. The van der Waals surface area contributed by atoms with Crippen molar-refractivity contribution in [2.75, 3.05) is 32.8 Å². The van der Waals surface area contributed by atoms with Crippen molar-refractivity contribution in [3.05, 3.63) is 45.8 Å². The van der Waals surface area contributed by atoms with E-state index in [0.717, 1.165) is 31.1 Å². The van der Waals surface area contributed by atoms with Crippen LogP contribution in [-0.4, -0.2) is 53.6 Å². The standard InChI is InChI=1S/C17H19Cl2N3O3/c1-12-8-14(20-25-12)10-21-4-6-22(7-5-21)17(23)11-24-16-3-2-13(18)9-15(16)19/h2-3,8-9H,4-7,10-11H2,1H3. The first kappa shape index (κ1) is 18.0. The Morgan fingerprint density at radius 2 is 2.00 bits per heavy atom. The number of aryl methyl sites for hydroxylation is 1. The summed E-state index contributed by atoms with van der Waals surface area (Å²) >= 11 is 11.9. The summed E-state index contributed by atoms with van der Waals surface area (Å²) in [5.74, 6) is 1.21. The highest BCUT2D eigenvalue weighted by molar-refractivity contribution is 6.35. The zero-order valence-corrected chi connectivity index (χ0v) is 15.4. The molecule has 0 atom stereocenters. The normalized spacial score (nSPS) is 15.4. The van der Waals surface area contributed by atoms with Gasteiger partial charge in [-0.2, -0.15) is 0 Å². The molecule has 1 amide bonds. The molecule has 1 aromatic carbocycles. The maximum Gasteiger partial charge on any atom is 0.260 e. The molecule has 1 aliphatic heterocycles. The maximum absolute atomic E-state index is 12.3. The van der Waals surface area contributed by atoms with Gasteiger partial charge in [-0.25, -0.2) is 0 Å². The van der Waals surface area contributed by atoms with Crippen molar-refractivity contribution in [3.8, 4) is 5.75 Å². The Morgan fingerprint density at radius 1 is 1.24 bits per heavy atom. The molecule has 3 rings (SSSR count). The van der Waals surface area contributed by atoms with Crippen LogP contribution in [0.3, 0.4) is 0 Å². The summed E-state index contributed by atoms with van der Waals surface area (Å²) in [6, 6.07) is 6.86. The molecule has 1 aromatic heterocycles. The third kappa shape index (κ3) is 4.87. The average molecular weight is 384 g/mol. The molecule has 0 radical (unpaired) electrons. The third-order valence-corrected chi connectivity index (χ3v) is 4.56. The summed E-state index contributed by atoms with van der Waals surface area (Å²) in [5, 5.41) is 4.93. The van der Waals surface area contributed by atoms with Gasteiger partial charge >= 0.3 is 0 Å². The second kappa shape index (κ2) is 8.08. The topological polar surface area (TPSA) is 58.8 Å². The molecule has 6 nitrogen and oxygen atoms in total. The molecule has 2 heterocycles. The van der Waals surface area contributed by atoms with E-state index in [9.17, 15) is 4.79 Å². The second-order valence-corrected chi connectivity index (χ2v) is 6.79. The van der Waals surface area contributed by atoms with Crippen molar-refractivity contribution < 1.29 is 14.1 Å². The number of rotatable bonds is 5. The van der Waals surface area contributed by atoms with E-state index in [1.807, 2.05) is 13.0 Å². The van der Waals surface area contributed by atoms with Crippen LogP contribution < -0.4 is 4.74 Å². The van der Waals surface area contributed by atoms with Crippen LogP contribution in [0, 0.1) is 6.92 Å². The fraction of sp³-hybridized carbons (Fsp3) is 0.412. The minimum absolute atomic E-state index is 0.0379. The molecule has 134 valence electrons. The van der Waals surface area contributed by atoms with E-state index in [1.54, 1.807) is 23.1 Å². The van der Waals surface area contributed by atoms with Crippen LogP contribution in [0.2, 0.25) is 10.0 Å². The molecule has 8 heteroatoms. The van der Waals surface area contributed by atoms with E-state index in [4.69, 9.17) is 32.5 Å². The maximum atomic E-state index is 12.3. The third-order valence-electron chi connectivity index (χ3n) is 4.03. The van der Waals surface area contributed by atoms with E-state index in [-0.39, 0.29) is 12.5 Å². The zero-order valence-electron chi connectivity index (χ0n) is 13.9. The zero-order chi connectivity index (χ0) is 17.8. The van der Waals surface area contributed by atoms with Gasteiger partial charge in [-0.1, -0.05) is 28.4 Å². The van der Waals surface area contributed by atoms with Gasteiger partial charge in [-0.15, -0.1) is 0 Å². The molecule has 1 fully saturated rings. The van der Waals surface area contributed by atoms with Crippen molar-refractivity contribution in [2.45, 2.75) is 13.5 Å². The highest BCUT2D eigenvalue weighted by atomic mass is 35.5. The Kier molecular flexibility index (Phi) is 5.83. The molecule has 25 heavy (non-hydrogen) atoms. The summed E-state index contributed by atoms with van der Waals surface area (Å²) in [5.41, 5.74) is 0.915. The molecule has 0 unspecified atom stereocenters. The number of carbonyl (C=O) groups is 1. The lowest BCUT2D eigenvalue weighted by atomic mass is 10.2. The van der Waals surface area contributed by atoms with E-state index in [0.29, 0.717) is 28.9 Å². The molecular formula is C17H19Cl2N3O3. The summed E-state index contributed by atoms with van der Waals surface area (Å²) in [4.78, 5) is 16.4. The fourth-order valence-electron chi connectivity index (χ4n) is 2.70. The smallest absolute Gasteiger partial charge is 0.260 e. The first-order chi connectivity index (χ1) is 12.0. The van der Waals surface area contributed by atoms with Crippen LogP contribution in [0.4, 0.5) is 0 Å². The summed E-state index contributed by atoms with van der Waals surface area (Å²) in [6.07, 6.45) is 0. The van der Waals surface area contributed by atoms with Crippen molar-refractivity contribution >= 4 is 29.1 Å². The van der Waals surface area contributed by atoms with Crippen LogP contribution in [0.25, 0.3) is 0 Å². The number of amides is 1. The van der Waals surface area contributed by atoms with Gasteiger partial charge in [0.25, 0.3) is 5.91 Å². The molecule has 0 saturated carbocycles. The molecule has 0 N–H and O–H groups in total. The number of nitrogens with zero attached hydrogens (tertiary/aromatic N) is 3. The van der Waals surface area contributed by atoms with Crippen molar-refractivity contribution in [1.82, 2.24) is 15.0 Å². The quantitative estimate of drug-likeness (QED) is 0.793. The number of ether oxygens (including phenoxy) is 1. The van der Waals surface area contributed by atoms with E-state index in [2.05, 4.69) is 10.1 Å². The highest BCUT2D eigenvalue weighted by Crippen LogP contribution is 2.27. The number of aromatic nitrogens is 1. The highest BCUT2D eigenvalue weighted by Gasteiger charge is 2.22. The molecule has 0 spiro atoms. The Labute approximate surface area is 156 Å². The van der Waals surface area contributed by atoms with Gasteiger partial charge in [0.05, 0.1) is 10.7 Å². The SMILES string of the molecule is Cc1cc(CN2CCN(C(=O)COc3ccc(Cl)cc3Cl)CC2)no1. The largest absolute Gasteiger partial charge is 0.482 e. The van der Waals surface area contributed by atoms with Crippen LogP contribution in [-0.2, 0) is 11.3 Å². The van der Waals surface area contributed by atoms with E-state index >= 15 is 0 Å². The van der Waals surface area contributed by atoms with Crippen LogP contribution >= 0.6 is 23.2 Å². The van der Waals surface area contributed by atoms with Gasteiger partial charge in [0, 0.05) is 43.8 Å². The lowest BCUT2D eigenvalue weighted by Gasteiger charge is -2.34. The molecular weight excluding hydrogens is 365 g/mol. The Balaban J connectivity index is 1.45. The number of hydrogen-bond acceptors (Lipinski definition) is 5. The fourth-order valence-corrected chi connectivity index (χ4v) is 3.16. The van der Waals surface area contributed by atoms with Gasteiger partial charge < -0.3 is 14.2 Å². The summed E-state index contributed by atoms with van der Waals surface area (Å²) < 4.78 is 10.6. The van der Waals surface area contributed by atoms with Gasteiger partial charge in [-0.05, 0) is 25.1 Å². The minimum atomic E-state index is -0.0528. The predicted molar refractivity (Wildman–Crippen MR) is 95.1 cm³/mol. The lowest BCUT2D eigenvalue weighted by molar-refractivity contribution is -0.135. The summed E-state index contributed by atoms with van der Waals surface area (Å²) in [6.45, 7) is 5.47. The second-order valence-electron chi connectivity index (χ2n) is 5.95. The predicted octanol–water partition coefficient (Wildman–Crippen LogP) is 3.01. The summed E-state index contributed by atoms with van der Waals surface area (Å²) in [7, 11) is 0. The average Bonchev–Trinajstić information content (AvgIpc) is 2.99. The Hall–Kier alpha value is -1.76. The number of halogens is 2. The number of piperazine rings is 1. The Bertz CT molecular complexity index is 742. The van der Waals surface area contributed by atoms with Crippen LogP contribution in [0.1, 0.15) is 11.5 Å². The van der Waals surface area contributed by atoms with Gasteiger partial charge in [-0.3, -0.25) is 9.69 Å². The van der Waals surface area contributed by atoms with E-state index < -0.39 is 0 Å². The van der Waals surface area contributed by atoms with Crippen LogP contribution in [0.5, 0.6) is 5.75 Å². The molecule has 0 bridgehead atoms. The van der Waals surface area contributed by atoms with Crippen molar-refractivity contribution in [2.24, 2.45) is 0 Å². The monoisotopic (exact) mass is 383 g/mol. The molecule has 1 saturated heterocycles. The molecule has 0 aliphatic carbocycles. The van der Waals surface area contributed by atoms with Crippen molar-refractivity contribution in [1.29, 1.82) is 0 Å². The van der Waals surface area contributed by atoms with Crippen LogP contribution in [0.15, 0.2) is 28.8 Å². The molecule has 2 aromatic rings. The molecule has 1 aliphatic rings. The number of carbonyl (C=O) groups excluding carboxylic acids is 1. The Morgan fingerprint density at radius 3 is 2.64 bits per heavy atom.